The van der Waals surface area contributed by atoms with Gasteiger partial charge in [-0.25, -0.2) is 4.79 Å². The molecular formula is C17H28N4O. The van der Waals surface area contributed by atoms with Gasteiger partial charge in [-0.05, 0) is 31.1 Å². The largest absolute Gasteiger partial charge is 0.338 e. The number of carbonyl (C=O) groups excluding carboxylic acids is 1. The van der Waals surface area contributed by atoms with Gasteiger partial charge in [-0.1, -0.05) is 32.1 Å². The van der Waals surface area contributed by atoms with Crippen LogP contribution in [0.25, 0.3) is 0 Å². The van der Waals surface area contributed by atoms with E-state index in [-0.39, 0.29) is 6.03 Å². The van der Waals surface area contributed by atoms with Crippen LogP contribution in [0, 0.1) is 24.7 Å². The molecule has 2 N–H and O–H groups in total. The van der Waals surface area contributed by atoms with Crippen molar-refractivity contribution < 1.29 is 4.79 Å². The molecule has 2 aliphatic carbocycles. The molecule has 0 aliphatic heterocycles. The van der Waals surface area contributed by atoms with Crippen LogP contribution in [0.4, 0.5) is 4.79 Å². The number of amides is 2. The topological polar surface area (TPSA) is 59.0 Å². The summed E-state index contributed by atoms with van der Waals surface area (Å²) in [5.74, 6) is 2.52. The summed E-state index contributed by atoms with van der Waals surface area (Å²) in [4.78, 5) is 11.9. The lowest BCUT2D eigenvalue weighted by atomic mass is 9.85. The fourth-order valence-corrected chi connectivity index (χ4v) is 3.82. The number of nitrogens with one attached hydrogen (secondary N) is 2. The van der Waals surface area contributed by atoms with Gasteiger partial charge in [-0.2, -0.15) is 5.10 Å². The van der Waals surface area contributed by atoms with E-state index in [0.29, 0.717) is 12.5 Å². The normalized spacial score (nSPS) is 25.0. The molecule has 0 saturated heterocycles. The zero-order valence-corrected chi connectivity index (χ0v) is 13.8. The lowest BCUT2D eigenvalue weighted by Gasteiger charge is -2.21. The standard InChI is InChI=1S/C17H28N4O/c1-12-15(11-20-21(12)2)10-19-17(22)18-9-14-8-16(14)13-6-4-3-5-7-13/h11,13-14,16H,3-10H2,1-2H3,(H2,18,19,22)/t14-,16-/m0/s1. The van der Waals surface area contributed by atoms with Gasteiger partial charge in [0.2, 0.25) is 0 Å². The third-order valence-electron chi connectivity index (χ3n) is 5.53. The van der Waals surface area contributed by atoms with Gasteiger partial charge in [-0.3, -0.25) is 4.68 Å². The van der Waals surface area contributed by atoms with Gasteiger partial charge in [0.25, 0.3) is 0 Å². The Morgan fingerprint density at radius 3 is 2.77 bits per heavy atom. The molecule has 1 heterocycles. The highest BCUT2D eigenvalue weighted by Gasteiger charge is 2.42. The van der Waals surface area contributed by atoms with Crippen LogP contribution >= 0.6 is 0 Å². The molecule has 22 heavy (non-hydrogen) atoms. The summed E-state index contributed by atoms with van der Waals surface area (Å²) >= 11 is 0. The van der Waals surface area contributed by atoms with Gasteiger partial charge >= 0.3 is 6.03 Å². The maximum atomic E-state index is 11.9. The Kier molecular flexibility index (Phi) is 4.69. The number of hydrogen-bond donors (Lipinski definition) is 2. The molecular weight excluding hydrogens is 276 g/mol. The molecule has 1 aromatic rings. The Morgan fingerprint density at radius 1 is 1.32 bits per heavy atom. The minimum Gasteiger partial charge on any atom is -0.338 e. The lowest BCUT2D eigenvalue weighted by molar-refractivity contribution is 0.239. The first-order valence-electron chi connectivity index (χ1n) is 8.64. The van der Waals surface area contributed by atoms with Crippen LogP contribution in [-0.4, -0.2) is 22.4 Å². The van der Waals surface area contributed by atoms with Crippen molar-refractivity contribution in [2.24, 2.45) is 24.8 Å². The minimum absolute atomic E-state index is 0.0578. The SMILES string of the molecule is Cc1c(CNC(=O)NC[C@@H]2C[C@H]2C2CCCCC2)cnn1C. The van der Waals surface area contributed by atoms with Crippen LogP contribution < -0.4 is 10.6 Å². The zero-order valence-electron chi connectivity index (χ0n) is 13.8. The molecule has 5 nitrogen and oxygen atoms in total. The maximum absolute atomic E-state index is 11.9. The van der Waals surface area contributed by atoms with Crippen molar-refractivity contribution in [1.29, 1.82) is 0 Å². The van der Waals surface area contributed by atoms with Gasteiger partial charge in [-0.15, -0.1) is 0 Å². The smallest absolute Gasteiger partial charge is 0.315 e. The monoisotopic (exact) mass is 304 g/mol. The molecule has 122 valence electrons. The minimum atomic E-state index is -0.0578. The molecule has 0 radical (unpaired) electrons. The second-order valence-corrected chi connectivity index (χ2v) is 7.00. The van der Waals surface area contributed by atoms with Crippen molar-refractivity contribution in [3.8, 4) is 0 Å². The summed E-state index contributed by atoms with van der Waals surface area (Å²) in [5, 5.41) is 10.1. The average Bonchev–Trinajstić information content (AvgIpc) is 3.26. The Labute approximate surface area is 132 Å². The first-order chi connectivity index (χ1) is 10.6. The molecule has 0 bridgehead atoms. The van der Waals surface area contributed by atoms with Crippen molar-refractivity contribution in [2.45, 2.75) is 52.0 Å². The first kappa shape index (κ1) is 15.4. The van der Waals surface area contributed by atoms with Gasteiger partial charge in [0.1, 0.15) is 0 Å². The highest BCUT2D eigenvalue weighted by atomic mass is 16.2. The Hall–Kier alpha value is -1.52. The van der Waals surface area contributed by atoms with Crippen LogP contribution in [0.5, 0.6) is 0 Å². The van der Waals surface area contributed by atoms with Crippen molar-refractivity contribution in [1.82, 2.24) is 20.4 Å². The number of hydrogen-bond acceptors (Lipinski definition) is 2. The van der Waals surface area contributed by atoms with Crippen molar-refractivity contribution in [3.63, 3.8) is 0 Å². The molecule has 3 rings (SSSR count). The van der Waals surface area contributed by atoms with Crippen LogP contribution in [0.15, 0.2) is 6.20 Å². The van der Waals surface area contributed by atoms with E-state index in [0.717, 1.165) is 29.6 Å². The van der Waals surface area contributed by atoms with Gasteiger partial charge in [0.05, 0.1) is 6.20 Å². The maximum Gasteiger partial charge on any atom is 0.315 e. The molecule has 1 aromatic heterocycles. The quantitative estimate of drug-likeness (QED) is 0.879. The molecule has 2 amide bonds. The molecule has 0 unspecified atom stereocenters. The van der Waals surface area contributed by atoms with Crippen molar-refractivity contribution >= 4 is 6.03 Å². The number of urea groups is 1. The number of rotatable bonds is 5. The summed E-state index contributed by atoms with van der Waals surface area (Å²) in [7, 11) is 1.91. The number of nitrogens with zero attached hydrogens (tertiary/aromatic N) is 2. The molecule has 2 atom stereocenters. The zero-order chi connectivity index (χ0) is 15.5. The predicted molar refractivity (Wildman–Crippen MR) is 86.4 cm³/mol. The van der Waals surface area contributed by atoms with E-state index in [1.165, 1.54) is 38.5 Å². The third-order valence-corrected chi connectivity index (χ3v) is 5.53. The summed E-state index contributed by atoms with van der Waals surface area (Å²) in [5.41, 5.74) is 2.17. The fourth-order valence-electron chi connectivity index (χ4n) is 3.82. The first-order valence-corrected chi connectivity index (χ1v) is 8.64. The van der Waals surface area contributed by atoms with Crippen LogP contribution in [0.2, 0.25) is 0 Å². The van der Waals surface area contributed by atoms with E-state index in [4.69, 9.17) is 0 Å². The lowest BCUT2D eigenvalue weighted by Crippen LogP contribution is -2.36. The van der Waals surface area contributed by atoms with E-state index in [1.54, 1.807) is 0 Å². The Bertz CT molecular complexity index is 519. The van der Waals surface area contributed by atoms with Gasteiger partial charge in [0, 0.05) is 31.4 Å². The summed E-state index contributed by atoms with van der Waals surface area (Å²) < 4.78 is 1.83. The average molecular weight is 304 g/mol. The van der Waals surface area contributed by atoms with Crippen LogP contribution in [0.3, 0.4) is 0 Å². The second kappa shape index (κ2) is 6.71. The van der Waals surface area contributed by atoms with E-state index < -0.39 is 0 Å². The summed E-state index contributed by atoms with van der Waals surface area (Å²) in [6.07, 6.45) is 10.2. The molecule has 5 heteroatoms. The summed E-state index contributed by atoms with van der Waals surface area (Å²) in [6.45, 7) is 3.39. The van der Waals surface area contributed by atoms with E-state index in [9.17, 15) is 4.79 Å². The molecule has 0 aromatic carbocycles. The second-order valence-electron chi connectivity index (χ2n) is 7.00. The van der Waals surface area contributed by atoms with E-state index in [1.807, 2.05) is 24.9 Å². The highest BCUT2D eigenvalue weighted by Crippen LogP contribution is 2.48. The Balaban J connectivity index is 1.34. The predicted octanol–water partition coefficient (Wildman–Crippen LogP) is 2.74. The van der Waals surface area contributed by atoms with Gasteiger partial charge < -0.3 is 10.6 Å². The highest BCUT2D eigenvalue weighted by molar-refractivity contribution is 5.73. The van der Waals surface area contributed by atoms with Crippen LogP contribution in [0.1, 0.15) is 49.8 Å². The van der Waals surface area contributed by atoms with Crippen molar-refractivity contribution in [3.05, 3.63) is 17.5 Å². The molecule has 2 aliphatic rings. The Morgan fingerprint density at radius 2 is 2.09 bits per heavy atom. The molecule has 2 fully saturated rings. The fraction of sp³-hybridized carbons (Fsp3) is 0.765. The summed E-state index contributed by atoms with van der Waals surface area (Å²) in [6, 6.07) is -0.0578. The number of carbonyl (C=O) groups is 1. The third kappa shape index (κ3) is 3.62. The van der Waals surface area contributed by atoms with Gasteiger partial charge in [0.15, 0.2) is 0 Å². The van der Waals surface area contributed by atoms with Crippen LogP contribution in [-0.2, 0) is 13.6 Å². The number of aromatic nitrogens is 2. The van der Waals surface area contributed by atoms with E-state index >= 15 is 0 Å². The van der Waals surface area contributed by atoms with E-state index in [2.05, 4.69) is 15.7 Å². The molecule has 2 saturated carbocycles. The van der Waals surface area contributed by atoms with Crippen molar-refractivity contribution in [2.75, 3.05) is 6.54 Å². The molecule has 0 spiro atoms. The number of aryl methyl sites for hydroxylation is 1.